The Kier molecular flexibility index (Phi) is 2.68. The van der Waals surface area contributed by atoms with Crippen molar-refractivity contribution in [2.45, 2.75) is 9.79 Å². The summed E-state index contributed by atoms with van der Waals surface area (Å²) in [6.45, 7) is 3.58. The molecule has 2 aromatic rings. The highest BCUT2D eigenvalue weighted by Gasteiger charge is 2.25. The molecule has 1 heterocycles. The summed E-state index contributed by atoms with van der Waals surface area (Å²) in [5.74, 6) is -0.102. The second kappa shape index (κ2) is 4.35. The van der Waals surface area contributed by atoms with Crippen LogP contribution in [0.3, 0.4) is 0 Å². The number of hydrogen-bond donors (Lipinski definition) is 0. The van der Waals surface area contributed by atoms with Crippen molar-refractivity contribution in [3.05, 3.63) is 61.2 Å². The lowest BCUT2D eigenvalue weighted by Gasteiger charge is -2.30. The Morgan fingerprint density at radius 1 is 1.00 bits per heavy atom. The Morgan fingerprint density at radius 2 is 1.50 bits per heavy atom. The first-order valence-corrected chi connectivity index (χ1v) is 6.45. The van der Waals surface area contributed by atoms with Gasteiger partial charge in [-0.3, -0.25) is 9.69 Å². The van der Waals surface area contributed by atoms with Gasteiger partial charge in [0.25, 0.3) is 5.91 Å². The van der Waals surface area contributed by atoms with E-state index in [1.165, 1.54) is 6.08 Å². The fraction of sp³-hybridized carbons (Fsp3) is 0. The maximum absolute atomic E-state index is 12.1. The second-order valence-corrected chi connectivity index (χ2v) is 5.00. The largest absolute Gasteiger partial charge is 0.275 e. The van der Waals surface area contributed by atoms with E-state index in [1.54, 1.807) is 16.7 Å². The third-order valence-corrected chi connectivity index (χ3v) is 3.96. The predicted molar refractivity (Wildman–Crippen MR) is 74.4 cm³/mol. The first kappa shape index (κ1) is 11.1. The Morgan fingerprint density at radius 3 is 2.00 bits per heavy atom. The van der Waals surface area contributed by atoms with Crippen molar-refractivity contribution < 1.29 is 4.79 Å². The van der Waals surface area contributed by atoms with Crippen LogP contribution in [0.15, 0.2) is 71.0 Å². The number of fused-ring (bicyclic) bond motifs is 2. The molecule has 0 radical (unpaired) electrons. The molecule has 0 N–H and O–H groups in total. The average molecular weight is 253 g/mol. The summed E-state index contributed by atoms with van der Waals surface area (Å²) < 4.78 is 0. The van der Waals surface area contributed by atoms with Gasteiger partial charge in [0.2, 0.25) is 0 Å². The minimum atomic E-state index is -0.102. The molecule has 0 saturated carbocycles. The van der Waals surface area contributed by atoms with Crippen LogP contribution < -0.4 is 4.90 Å². The number of para-hydroxylation sites is 2. The number of carbonyl (C=O) groups excluding carboxylic acids is 1. The summed E-state index contributed by atoms with van der Waals surface area (Å²) >= 11 is 1.69. The normalized spacial score (nSPS) is 12.6. The van der Waals surface area contributed by atoms with Crippen molar-refractivity contribution in [2.75, 3.05) is 4.90 Å². The quantitative estimate of drug-likeness (QED) is 0.716. The number of hydrogen-bond acceptors (Lipinski definition) is 2. The molecule has 1 amide bonds. The topological polar surface area (TPSA) is 20.3 Å². The maximum atomic E-state index is 12.1. The highest BCUT2D eigenvalue weighted by molar-refractivity contribution is 7.99. The van der Waals surface area contributed by atoms with Crippen LogP contribution in [0.1, 0.15) is 0 Å². The molecule has 0 unspecified atom stereocenters. The van der Waals surface area contributed by atoms with Crippen LogP contribution >= 0.6 is 11.8 Å². The number of benzene rings is 2. The molecule has 3 heteroatoms. The van der Waals surface area contributed by atoms with Gasteiger partial charge in [0.1, 0.15) is 0 Å². The Labute approximate surface area is 110 Å². The van der Waals surface area contributed by atoms with Gasteiger partial charge in [-0.05, 0) is 30.3 Å². The van der Waals surface area contributed by atoms with Gasteiger partial charge in [0, 0.05) is 9.79 Å². The lowest BCUT2D eigenvalue weighted by molar-refractivity contribution is -0.113. The molecule has 0 atom stereocenters. The van der Waals surface area contributed by atoms with E-state index in [0.717, 1.165) is 21.2 Å². The summed E-state index contributed by atoms with van der Waals surface area (Å²) in [4.78, 5) is 16.0. The van der Waals surface area contributed by atoms with Crippen molar-refractivity contribution in [1.82, 2.24) is 0 Å². The molecule has 2 nitrogen and oxygen atoms in total. The third kappa shape index (κ3) is 1.64. The summed E-state index contributed by atoms with van der Waals surface area (Å²) in [6, 6.07) is 15.8. The minimum absolute atomic E-state index is 0.102. The first-order valence-electron chi connectivity index (χ1n) is 5.63. The molecule has 3 rings (SSSR count). The summed E-state index contributed by atoms with van der Waals surface area (Å²) in [5, 5.41) is 0. The van der Waals surface area contributed by atoms with Crippen molar-refractivity contribution in [1.29, 1.82) is 0 Å². The van der Waals surface area contributed by atoms with E-state index in [9.17, 15) is 4.79 Å². The third-order valence-electron chi connectivity index (χ3n) is 2.83. The number of rotatable bonds is 1. The van der Waals surface area contributed by atoms with Crippen molar-refractivity contribution in [3.63, 3.8) is 0 Å². The fourth-order valence-electron chi connectivity index (χ4n) is 2.03. The smallest absolute Gasteiger partial charge is 0.255 e. The van der Waals surface area contributed by atoms with Gasteiger partial charge >= 0.3 is 0 Å². The van der Waals surface area contributed by atoms with Crippen LogP contribution in [0.25, 0.3) is 0 Å². The zero-order chi connectivity index (χ0) is 12.5. The fourth-order valence-corrected chi connectivity index (χ4v) is 3.09. The lowest BCUT2D eigenvalue weighted by Crippen LogP contribution is -2.26. The van der Waals surface area contributed by atoms with Crippen molar-refractivity contribution >= 4 is 29.0 Å². The predicted octanol–water partition coefficient (Wildman–Crippen LogP) is 4.00. The van der Waals surface area contributed by atoms with E-state index in [4.69, 9.17) is 0 Å². The van der Waals surface area contributed by atoms with Crippen LogP contribution in [0.2, 0.25) is 0 Å². The number of carbonyl (C=O) groups is 1. The van der Waals surface area contributed by atoms with E-state index in [2.05, 4.69) is 6.58 Å². The maximum Gasteiger partial charge on any atom is 0.255 e. The number of nitrogens with zero attached hydrogens (tertiary/aromatic N) is 1. The van der Waals surface area contributed by atoms with E-state index in [0.29, 0.717) is 0 Å². The molecule has 1 aliphatic heterocycles. The van der Waals surface area contributed by atoms with Crippen LogP contribution in [0, 0.1) is 0 Å². The Hall–Kier alpha value is -2.00. The van der Waals surface area contributed by atoms with E-state index >= 15 is 0 Å². The second-order valence-electron chi connectivity index (χ2n) is 3.92. The Bertz CT molecular complexity index is 590. The standard InChI is InChI=1S/C15H11NOS/c1-2-15(17)16-11-7-3-5-9-13(11)18-14-10-6-4-8-12(14)16/h2-10H,1H2. The van der Waals surface area contributed by atoms with Gasteiger partial charge in [-0.15, -0.1) is 0 Å². The van der Waals surface area contributed by atoms with Crippen LogP contribution in [0.5, 0.6) is 0 Å². The van der Waals surface area contributed by atoms with Gasteiger partial charge in [-0.2, -0.15) is 0 Å². The molecule has 0 aromatic heterocycles. The summed E-state index contributed by atoms with van der Waals surface area (Å²) in [5.41, 5.74) is 1.84. The first-order chi connectivity index (χ1) is 8.81. The van der Waals surface area contributed by atoms with Gasteiger partial charge in [0.15, 0.2) is 0 Å². The molecule has 2 aromatic carbocycles. The molecule has 0 saturated heterocycles. The zero-order valence-electron chi connectivity index (χ0n) is 9.67. The molecule has 0 bridgehead atoms. The van der Waals surface area contributed by atoms with Crippen molar-refractivity contribution in [2.24, 2.45) is 0 Å². The molecular weight excluding hydrogens is 242 g/mol. The van der Waals surface area contributed by atoms with Gasteiger partial charge in [-0.1, -0.05) is 42.6 Å². The zero-order valence-corrected chi connectivity index (χ0v) is 10.5. The molecular formula is C15H11NOS. The minimum Gasteiger partial charge on any atom is -0.275 e. The van der Waals surface area contributed by atoms with Gasteiger partial charge < -0.3 is 0 Å². The van der Waals surface area contributed by atoms with Crippen LogP contribution in [0.4, 0.5) is 11.4 Å². The van der Waals surface area contributed by atoms with Crippen molar-refractivity contribution in [3.8, 4) is 0 Å². The van der Waals surface area contributed by atoms with Gasteiger partial charge in [-0.25, -0.2) is 0 Å². The van der Waals surface area contributed by atoms with Crippen LogP contribution in [-0.2, 0) is 4.79 Å². The Balaban J connectivity index is 2.23. The van der Waals surface area contributed by atoms with E-state index in [-0.39, 0.29) is 5.91 Å². The molecule has 1 aliphatic rings. The van der Waals surface area contributed by atoms with Crippen LogP contribution in [-0.4, -0.2) is 5.91 Å². The van der Waals surface area contributed by atoms with E-state index < -0.39 is 0 Å². The molecule has 0 fully saturated rings. The molecule has 0 spiro atoms. The monoisotopic (exact) mass is 253 g/mol. The highest BCUT2D eigenvalue weighted by Crippen LogP contribution is 2.47. The summed E-state index contributed by atoms with van der Waals surface area (Å²) in [6.07, 6.45) is 1.35. The van der Waals surface area contributed by atoms with E-state index in [1.807, 2.05) is 48.5 Å². The lowest BCUT2D eigenvalue weighted by atomic mass is 10.2. The highest BCUT2D eigenvalue weighted by atomic mass is 32.2. The number of amides is 1. The molecule has 88 valence electrons. The number of anilines is 2. The molecule has 0 aliphatic carbocycles. The summed E-state index contributed by atoms with van der Waals surface area (Å²) in [7, 11) is 0. The van der Waals surface area contributed by atoms with Gasteiger partial charge in [0.05, 0.1) is 11.4 Å². The molecule has 18 heavy (non-hydrogen) atoms. The average Bonchev–Trinajstić information content (AvgIpc) is 2.44. The SMILES string of the molecule is C=CC(=O)N1c2ccccc2Sc2ccccc21.